The summed E-state index contributed by atoms with van der Waals surface area (Å²) in [5.74, 6) is 0. The molecule has 0 unspecified atom stereocenters. The van der Waals surface area contributed by atoms with Gasteiger partial charge < -0.3 is 10.3 Å². The molecular weight excluding hydrogens is 220 g/mol. The van der Waals surface area contributed by atoms with E-state index in [1.807, 2.05) is 18.2 Å². The first-order valence-electron chi connectivity index (χ1n) is 5.38. The number of hydrogen-bond donors (Lipinski definition) is 1. The minimum atomic E-state index is 0.680. The van der Waals surface area contributed by atoms with Gasteiger partial charge in [-0.15, -0.1) is 0 Å². The van der Waals surface area contributed by atoms with E-state index in [0.717, 1.165) is 18.0 Å². The van der Waals surface area contributed by atoms with E-state index in [-0.39, 0.29) is 0 Å². The molecule has 2 N–H and O–H groups in total. The number of nitrogens with zero attached hydrogens (tertiary/aromatic N) is 1. The summed E-state index contributed by atoms with van der Waals surface area (Å²) in [6.07, 6.45) is 2.99. The van der Waals surface area contributed by atoms with Crippen LogP contribution in [0, 0.1) is 0 Å². The molecule has 1 aromatic heterocycles. The fraction of sp³-hybridized carbons (Fsp3) is 0.231. The van der Waals surface area contributed by atoms with Gasteiger partial charge >= 0.3 is 0 Å². The molecule has 0 aliphatic rings. The van der Waals surface area contributed by atoms with Crippen molar-refractivity contribution in [3.05, 3.63) is 58.9 Å². The van der Waals surface area contributed by atoms with Crippen molar-refractivity contribution >= 4 is 11.6 Å². The number of hydrogen-bond acceptors (Lipinski definition) is 1. The summed E-state index contributed by atoms with van der Waals surface area (Å²) in [5, 5.41) is 0.782. The highest BCUT2D eigenvalue weighted by Crippen LogP contribution is 2.13. The van der Waals surface area contributed by atoms with Crippen LogP contribution in [0.15, 0.2) is 42.6 Å². The molecule has 0 amide bonds. The van der Waals surface area contributed by atoms with Crippen molar-refractivity contribution in [2.24, 2.45) is 5.73 Å². The van der Waals surface area contributed by atoms with Crippen molar-refractivity contribution in [2.75, 3.05) is 6.54 Å². The van der Waals surface area contributed by atoms with Gasteiger partial charge in [0.1, 0.15) is 0 Å². The highest BCUT2D eigenvalue weighted by molar-refractivity contribution is 6.30. The van der Waals surface area contributed by atoms with Crippen LogP contribution in [0.3, 0.4) is 0 Å². The number of benzene rings is 1. The highest BCUT2D eigenvalue weighted by Gasteiger charge is 2.01. The molecular formula is C13H15ClN2. The Labute approximate surface area is 101 Å². The SMILES string of the molecule is NCCc1cccn1Cc1cccc(Cl)c1. The van der Waals surface area contributed by atoms with E-state index in [1.54, 1.807) is 0 Å². The second-order valence-electron chi connectivity index (χ2n) is 3.80. The Morgan fingerprint density at radius 3 is 2.81 bits per heavy atom. The molecule has 1 heterocycles. The minimum Gasteiger partial charge on any atom is -0.347 e. The topological polar surface area (TPSA) is 30.9 Å². The highest BCUT2D eigenvalue weighted by atomic mass is 35.5. The molecule has 0 aliphatic carbocycles. The zero-order valence-corrected chi connectivity index (χ0v) is 9.82. The predicted molar refractivity (Wildman–Crippen MR) is 67.7 cm³/mol. The molecule has 0 fully saturated rings. The van der Waals surface area contributed by atoms with Crippen LogP contribution in [0.2, 0.25) is 5.02 Å². The Bertz CT molecular complexity index is 462. The predicted octanol–water partition coefficient (Wildman–Crippen LogP) is 2.69. The number of aromatic nitrogens is 1. The van der Waals surface area contributed by atoms with Gasteiger partial charge in [0.25, 0.3) is 0 Å². The Hall–Kier alpha value is -1.25. The fourth-order valence-corrected chi connectivity index (χ4v) is 2.02. The summed E-state index contributed by atoms with van der Waals surface area (Å²) in [4.78, 5) is 0. The van der Waals surface area contributed by atoms with Crippen molar-refractivity contribution in [3.63, 3.8) is 0 Å². The summed E-state index contributed by atoms with van der Waals surface area (Å²) < 4.78 is 2.21. The molecule has 0 radical (unpaired) electrons. The van der Waals surface area contributed by atoms with Gasteiger partial charge in [0.05, 0.1) is 0 Å². The molecule has 1 aromatic carbocycles. The molecule has 0 bridgehead atoms. The quantitative estimate of drug-likeness (QED) is 0.867. The third-order valence-corrected chi connectivity index (χ3v) is 2.80. The van der Waals surface area contributed by atoms with Crippen LogP contribution < -0.4 is 5.73 Å². The van der Waals surface area contributed by atoms with Gasteiger partial charge in [0.15, 0.2) is 0 Å². The summed E-state index contributed by atoms with van der Waals surface area (Å²) >= 11 is 5.96. The standard InChI is InChI=1S/C13H15ClN2/c14-12-4-1-3-11(9-12)10-16-8-2-5-13(16)6-7-15/h1-5,8-9H,6-7,10,15H2. The van der Waals surface area contributed by atoms with Gasteiger partial charge in [0.2, 0.25) is 0 Å². The van der Waals surface area contributed by atoms with Crippen molar-refractivity contribution in [2.45, 2.75) is 13.0 Å². The van der Waals surface area contributed by atoms with E-state index in [0.29, 0.717) is 6.54 Å². The lowest BCUT2D eigenvalue weighted by molar-refractivity contribution is 0.736. The largest absolute Gasteiger partial charge is 0.347 e. The van der Waals surface area contributed by atoms with E-state index < -0.39 is 0 Å². The maximum absolute atomic E-state index is 5.96. The molecule has 16 heavy (non-hydrogen) atoms. The summed E-state index contributed by atoms with van der Waals surface area (Å²) in [7, 11) is 0. The normalized spacial score (nSPS) is 10.6. The second-order valence-corrected chi connectivity index (χ2v) is 4.23. The molecule has 2 aromatic rings. The fourth-order valence-electron chi connectivity index (χ4n) is 1.81. The first-order chi connectivity index (χ1) is 7.79. The van der Waals surface area contributed by atoms with Gasteiger partial charge in [-0.2, -0.15) is 0 Å². The van der Waals surface area contributed by atoms with Crippen LogP contribution in [-0.4, -0.2) is 11.1 Å². The van der Waals surface area contributed by atoms with E-state index >= 15 is 0 Å². The number of halogens is 1. The third kappa shape index (κ3) is 2.65. The van der Waals surface area contributed by atoms with E-state index in [2.05, 4.69) is 29.0 Å². The number of nitrogens with two attached hydrogens (primary N) is 1. The van der Waals surface area contributed by atoms with Crippen LogP contribution >= 0.6 is 11.6 Å². The lowest BCUT2D eigenvalue weighted by Gasteiger charge is -2.08. The summed E-state index contributed by atoms with van der Waals surface area (Å²) in [6.45, 7) is 1.53. The number of rotatable bonds is 4. The minimum absolute atomic E-state index is 0.680. The first kappa shape index (κ1) is 11.2. The van der Waals surface area contributed by atoms with Gasteiger partial charge in [-0.05, 0) is 42.8 Å². The zero-order valence-electron chi connectivity index (χ0n) is 9.07. The van der Waals surface area contributed by atoms with Gasteiger partial charge in [-0.1, -0.05) is 23.7 Å². The lowest BCUT2D eigenvalue weighted by Crippen LogP contribution is -2.09. The summed E-state index contributed by atoms with van der Waals surface area (Å²) in [6, 6.07) is 12.1. The Kier molecular flexibility index (Phi) is 3.65. The van der Waals surface area contributed by atoms with Crippen molar-refractivity contribution in [1.82, 2.24) is 4.57 Å². The van der Waals surface area contributed by atoms with E-state index in [9.17, 15) is 0 Å². The Morgan fingerprint density at radius 2 is 2.06 bits per heavy atom. The van der Waals surface area contributed by atoms with Crippen LogP contribution in [0.25, 0.3) is 0 Å². The second kappa shape index (κ2) is 5.19. The van der Waals surface area contributed by atoms with Crippen LogP contribution in [0.1, 0.15) is 11.3 Å². The van der Waals surface area contributed by atoms with Crippen molar-refractivity contribution < 1.29 is 0 Å². The maximum Gasteiger partial charge on any atom is 0.0473 e. The molecule has 2 rings (SSSR count). The van der Waals surface area contributed by atoms with Crippen molar-refractivity contribution in [1.29, 1.82) is 0 Å². The molecule has 0 saturated heterocycles. The molecule has 0 spiro atoms. The average molecular weight is 235 g/mol. The first-order valence-corrected chi connectivity index (χ1v) is 5.76. The van der Waals surface area contributed by atoms with Crippen molar-refractivity contribution in [3.8, 4) is 0 Å². The van der Waals surface area contributed by atoms with Gasteiger partial charge in [0, 0.05) is 23.5 Å². The van der Waals surface area contributed by atoms with Crippen LogP contribution in [0.4, 0.5) is 0 Å². The molecule has 0 saturated carbocycles. The molecule has 0 atom stereocenters. The molecule has 84 valence electrons. The van der Waals surface area contributed by atoms with E-state index in [1.165, 1.54) is 11.3 Å². The third-order valence-electron chi connectivity index (χ3n) is 2.57. The Morgan fingerprint density at radius 1 is 1.19 bits per heavy atom. The Balaban J connectivity index is 2.17. The van der Waals surface area contributed by atoms with Crippen LogP contribution in [-0.2, 0) is 13.0 Å². The molecule has 0 aliphatic heterocycles. The van der Waals surface area contributed by atoms with Crippen LogP contribution in [0.5, 0.6) is 0 Å². The molecule has 2 nitrogen and oxygen atoms in total. The van der Waals surface area contributed by atoms with E-state index in [4.69, 9.17) is 17.3 Å². The maximum atomic E-state index is 5.96. The summed E-state index contributed by atoms with van der Waals surface area (Å²) in [5.41, 5.74) is 8.05. The van der Waals surface area contributed by atoms with Gasteiger partial charge in [-0.25, -0.2) is 0 Å². The monoisotopic (exact) mass is 234 g/mol. The molecule has 3 heteroatoms. The zero-order chi connectivity index (χ0) is 11.4. The van der Waals surface area contributed by atoms with Gasteiger partial charge in [-0.3, -0.25) is 0 Å². The lowest BCUT2D eigenvalue weighted by atomic mass is 10.2. The smallest absolute Gasteiger partial charge is 0.0473 e. The average Bonchev–Trinajstić information content (AvgIpc) is 2.66.